The van der Waals surface area contributed by atoms with Crippen molar-refractivity contribution in [3.63, 3.8) is 0 Å². The third kappa shape index (κ3) is 3.09. The zero-order chi connectivity index (χ0) is 16.9. The van der Waals surface area contributed by atoms with Crippen LogP contribution in [0.1, 0.15) is 45.4 Å². The van der Waals surface area contributed by atoms with E-state index < -0.39 is 28.9 Å². The molecule has 0 radical (unpaired) electrons. The first-order valence-corrected chi connectivity index (χ1v) is 8.63. The van der Waals surface area contributed by atoms with E-state index in [1.165, 1.54) is 19.3 Å². The number of carbonyl (C=O) groups is 1. The molecule has 4 fully saturated rings. The molecule has 4 bridgehead atoms. The number of esters is 1. The fraction of sp³-hybridized carbons (Fsp3) is 0.933. The second-order valence-corrected chi connectivity index (χ2v) is 8.80. The lowest BCUT2D eigenvalue weighted by Gasteiger charge is -2.56. The molecule has 132 valence electrons. The van der Waals surface area contributed by atoms with Gasteiger partial charge in [-0.15, -0.1) is 0 Å². The van der Waals surface area contributed by atoms with Crippen LogP contribution in [0.4, 0.5) is 13.2 Å². The van der Waals surface area contributed by atoms with Crippen molar-refractivity contribution in [3.05, 3.63) is 0 Å². The Morgan fingerprint density at radius 2 is 1.65 bits per heavy atom. The van der Waals surface area contributed by atoms with Gasteiger partial charge < -0.3 is 14.3 Å². The highest BCUT2D eigenvalue weighted by Gasteiger charge is 2.60. The first kappa shape index (κ1) is 17.4. The molecule has 4 rings (SSSR count). The van der Waals surface area contributed by atoms with E-state index in [4.69, 9.17) is 4.74 Å². The zero-order valence-corrected chi connectivity index (χ0v) is 13.7. The Morgan fingerprint density at radius 3 is 2.04 bits per heavy atom. The number of halogens is 3. The molecule has 1 atom stereocenters. The van der Waals surface area contributed by atoms with Crippen LogP contribution in [0.3, 0.4) is 0 Å². The average molecular weight is 353 g/mol. The van der Waals surface area contributed by atoms with Crippen LogP contribution in [-0.2, 0) is 13.9 Å². The first-order valence-electron chi connectivity index (χ1n) is 7.89. The molecule has 0 aromatic heterocycles. The standard InChI is InChI=1S/C15H21F3O4S/c1-13(23-22-20,15(16,17)18)12(19)21-8-14-5-9-2-10(6-14)4-11(3-9)7-14/h9-11,20H,2-8H2,1H3/p-1. The second-order valence-electron chi connectivity index (χ2n) is 7.68. The van der Waals surface area contributed by atoms with Gasteiger partial charge in [0, 0.05) is 17.5 Å². The van der Waals surface area contributed by atoms with Crippen LogP contribution in [0.15, 0.2) is 0 Å². The van der Waals surface area contributed by atoms with E-state index in [-0.39, 0.29) is 12.0 Å². The Bertz CT molecular complexity index is 447. The largest absolute Gasteiger partial charge is 0.711 e. The van der Waals surface area contributed by atoms with E-state index in [2.05, 4.69) is 4.33 Å². The summed E-state index contributed by atoms with van der Waals surface area (Å²) in [5.74, 6) is 0.413. The number of hydrogen-bond acceptors (Lipinski definition) is 5. The van der Waals surface area contributed by atoms with Gasteiger partial charge in [-0.2, -0.15) is 13.2 Å². The van der Waals surface area contributed by atoms with Crippen molar-refractivity contribution < 1.29 is 32.3 Å². The lowest BCUT2D eigenvalue weighted by Crippen LogP contribution is -2.51. The van der Waals surface area contributed by atoms with Crippen LogP contribution >= 0.6 is 12.0 Å². The highest BCUT2D eigenvalue weighted by atomic mass is 32.2. The summed E-state index contributed by atoms with van der Waals surface area (Å²) in [6.45, 7) is 0.637. The van der Waals surface area contributed by atoms with Gasteiger partial charge in [-0.3, -0.25) is 4.79 Å². The summed E-state index contributed by atoms with van der Waals surface area (Å²) in [5, 5.41) is 10.2. The van der Waals surface area contributed by atoms with Gasteiger partial charge in [-0.05, 0) is 63.2 Å². The van der Waals surface area contributed by atoms with Crippen molar-refractivity contribution in [2.45, 2.75) is 56.4 Å². The Labute approximate surface area is 137 Å². The fourth-order valence-electron chi connectivity index (χ4n) is 5.09. The van der Waals surface area contributed by atoms with Gasteiger partial charge >= 0.3 is 12.1 Å². The number of ether oxygens (including phenoxy) is 1. The molecule has 0 heterocycles. The highest BCUT2D eigenvalue weighted by molar-refractivity contribution is 7.96. The van der Waals surface area contributed by atoms with E-state index in [1.54, 1.807) is 0 Å². The Hall–Kier alpha value is -0.470. The van der Waals surface area contributed by atoms with Crippen LogP contribution in [0.2, 0.25) is 0 Å². The summed E-state index contributed by atoms with van der Waals surface area (Å²) < 4.78 is 44.6. The van der Waals surface area contributed by atoms with Crippen LogP contribution < -0.4 is 5.26 Å². The number of carbonyl (C=O) groups excluding carboxylic acids is 1. The normalized spacial score (nSPS) is 38.4. The van der Waals surface area contributed by atoms with Crippen molar-refractivity contribution in [1.82, 2.24) is 0 Å². The van der Waals surface area contributed by atoms with Crippen molar-refractivity contribution in [2.75, 3.05) is 6.61 Å². The van der Waals surface area contributed by atoms with Crippen molar-refractivity contribution in [3.8, 4) is 0 Å². The minimum atomic E-state index is -4.92. The summed E-state index contributed by atoms with van der Waals surface area (Å²) in [6, 6.07) is 0. The monoisotopic (exact) mass is 353 g/mol. The predicted molar refractivity (Wildman–Crippen MR) is 74.7 cm³/mol. The summed E-state index contributed by atoms with van der Waals surface area (Å²) in [7, 11) is 0. The molecule has 0 amide bonds. The average Bonchev–Trinajstić information content (AvgIpc) is 2.42. The van der Waals surface area contributed by atoms with Gasteiger partial charge in [0.15, 0.2) is 0 Å². The predicted octanol–water partition coefficient (Wildman–Crippen LogP) is 3.01. The molecule has 4 nitrogen and oxygen atoms in total. The maximum Gasteiger partial charge on any atom is 0.415 e. The first-order chi connectivity index (χ1) is 10.7. The lowest BCUT2D eigenvalue weighted by atomic mass is 9.50. The summed E-state index contributed by atoms with van der Waals surface area (Å²) in [5.41, 5.74) is -0.167. The Morgan fingerprint density at radius 1 is 1.17 bits per heavy atom. The lowest BCUT2D eigenvalue weighted by molar-refractivity contribution is -0.630. The van der Waals surface area contributed by atoms with Crippen LogP contribution in [0.25, 0.3) is 0 Å². The molecule has 1 unspecified atom stereocenters. The third-order valence-electron chi connectivity index (χ3n) is 5.81. The minimum absolute atomic E-state index is 0.0143. The van der Waals surface area contributed by atoms with Crippen molar-refractivity contribution >= 4 is 18.0 Å². The molecule has 4 saturated carbocycles. The zero-order valence-electron chi connectivity index (χ0n) is 12.9. The third-order valence-corrected chi connectivity index (χ3v) is 6.61. The molecule has 4 aliphatic rings. The van der Waals surface area contributed by atoms with Crippen LogP contribution in [0, 0.1) is 23.2 Å². The molecule has 8 heteroatoms. The van der Waals surface area contributed by atoms with Gasteiger partial charge in [0.25, 0.3) is 0 Å². The molecule has 0 N–H and O–H groups in total. The van der Waals surface area contributed by atoms with Crippen LogP contribution in [-0.4, -0.2) is 23.5 Å². The minimum Gasteiger partial charge on any atom is -0.711 e. The molecule has 23 heavy (non-hydrogen) atoms. The number of alkyl halides is 3. The van der Waals surface area contributed by atoms with Crippen LogP contribution in [0.5, 0.6) is 0 Å². The van der Waals surface area contributed by atoms with Gasteiger partial charge in [0.1, 0.15) is 0 Å². The maximum absolute atomic E-state index is 13.1. The SMILES string of the molecule is CC(SO[O-])(C(=O)OCC12CC3CC(CC(C3)C1)C2)C(F)(F)F. The van der Waals surface area contributed by atoms with E-state index in [9.17, 15) is 23.2 Å². The molecular weight excluding hydrogens is 333 g/mol. The van der Waals surface area contributed by atoms with E-state index in [0.717, 1.165) is 19.3 Å². The van der Waals surface area contributed by atoms with Gasteiger partial charge in [-0.1, -0.05) is 0 Å². The quantitative estimate of drug-likeness (QED) is 0.329. The van der Waals surface area contributed by atoms with E-state index in [0.29, 0.717) is 24.7 Å². The van der Waals surface area contributed by atoms with Crippen molar-refractivity contribution in [2.24, 2.45) is 23.2 Å². The molecule has 0 aromatic rings. The summed E-state index contributed by atoms with van der Waals surface area (Å²) in [6.07, 6.45) is 1.48. The number of hydrogen-bond donors (Lipinski definition) is 0. The fourth-order valence-corrected chi connectivity index (χ4v) is 5.45. The topological polar surface area (TPSA) is 58.6 Å². The summed E-state index contributed by atoms with van der Waals surface area (Å²) >= 11 is -0.444. The summed E-state index contributed by atoms with van der Waals surface area (Å²) in [4.78, 5) is 12.0. The smallest absolute Gasteiger partial charge is 0.415 e. The van der Waals surface area contributed by atoms with Gasteiger partial charge in [-0.25, -0.2) is 0 Å². The molecule has 0 aliphatic heterocycles. The van der Waals surface area contributed by atoms with Gasteiger partial charge in [0.2, 0.25) is 4.75 Å². The highest BCUT2D eigenvalue weighted by Crippen LogP contribution is 2.60. The Kier molecular flexibility index (Phi) is 4.38. The Balaban J connectivity index is 1.66. The maximum atomic E-state index is 13.1. The molecular formula is C15H20F3O4S-. The van der Waals surface area contributed by atoms with Gasteiger partial charge in [0.05, 0.1) is 6.61 Å². The number of rotatable bonds is 5. The van der Waals surface area contributed by atoms with Crippen molar-refractivity contribution in [1.29, 1.82) is 0 Å². The molecule has 0 spiro atoms. The van der Waals surface area contributed by atoms with E-state index in [1.807, 2.05) is 0 Å². The molecule has 0 aromatic carbocycles. The second kappa shape index (κ2) is 5.81. The van der Waals surface area contributed by atoms with E-state index >= 15 is 0 Å². The molecule has 0 saturated heterocycles. The molecule has 4 aliphatic carbocycles.